The molecule has 0 saturated heterocycles. The van der Waals surface area contributed by atoms with Crippen molar-refractivity contribution in [3.05, 3.63) is 106 Å². The van der Waals surface area contributed by atoms with Gasteiger partial charge < -0.3 is 9.84 Å². The Bertz CT molecular complexity index is 1470. The number of nitrogens with one attached hydrogen (secondary N) is 1. The molecule has 1 aromatic heterocycles. The first-order valence-corrected chi connectivity index (χ1v) is 12.3. The van der Waals surface area contributed by atoms with E-state index in [1.54, 1.807) is 12.1 Å². The van der Waals surface area contributed by atoms with Crippen LogP contribution in [0.25, 0.3) is 17.0 Å². The fourth-order valence-corrected chi connectivity index (χ4v) is 4.83. The molecule has 5 nitrogen and oxygen atoms in total. The zero-order valence-electron chi connectivity index (χ0n) is 20.7. The quantitative estimate of drug-likeness (QED) is 0.301. The average molecular weight is 499 g/mol. The zero-order chi connectivity index (χ0) is 25.4. The Balaban J connectivity index is 1.65. The lowest BCUT2D eigenvalue weighted by Crippen LogP contribution is -2.46. The first-order chi connectivity index (χ1) is 17.4. The van der Waals surface area contributed by atoms with E-state index in [4.69, 9.17) is 16.7 Å². The van der Waals surface area contributed by atoms with Crippen LogP contribution in [0.5, 0.6) is 0 Å². The Kier molecular flexibility index (Phi) is 6.41. The van der Waals surface area contributed by atoms with Crippen molar-refractivity contribution in [3.8, 4) is 11.4 Å². The molecule has 1 unspecified atom stereocenters. The van der Waals surface area contributed by atoms with Crippen molar-refractivity contribution in [2.75, 3.05) is 4.90 Å². The number of hydrogen-bond donors (Lipinski definition) is 1. The molecule has 1 aliphatic heterocycles. The number of aryl methyl sites for hydroxylation is 3. The van der Waals surface area contributed by atoms with Gasteiger partial charge >= 0.3 is 0 Å². The smallest absolute Gasteiger partial charge is 0.258 e. The van der Waals surface area contributed by atoms with Gasteiger partial charge in [0, 0.05) is 16.9 Å². The molecule has 0 radical (unpaired) electrons. The van der Waals surface area contributed by atoms with Crippen molar-refractivity contribution in [1.82, 2.24) is 15.5 Å². The molecule has 3 aromatic carbocycles. The molecule has 1 N–H and O–H groups in total. The highest BCUT2D eigenvalue weighted by Gasteiger charge is 2.35. The van der Waals surface area contributed by atoms with Gasteiger partial charge in [-0.1, -0.05) is 54.5 Å². The highest BCUT2D eigenvalue weighted by Crippen LogP contribution is 2.39. The minimum atomic E-state index is -0.353. The lowest BCUT2D eigenvalue weighted by Gasteiger charge is -2.37. The highest BCUT2D eigenvalue weighted by atomic mass is 32.1. The Hall–Kier alpha value is -3.84. The molecule has 182 valence electrons. The molecule has 0 aliphatic carbocycles. The number of hydrogen-bond acceptors (Lipinski definition) is 4. The molecule has 1 aliphatic rings. The number of benzene rings is 3. The van der Waals surface area contributed by atoms with Crippen LogP contribution in [0.15, 0.2) is 77.0 Å². The molecule has 0 bridgehead atoms. The molecular formula is C29H27FN4OS. The van der Waals surface area contributed by atoms with E-state index in [2.05, 4.69) is 78.7 Å². The summed E-state index contributed by atoms with van der Waals surface area (Å²) in [6.45, 7) is 8.31. The number of halogens is 1. The molecule has 0 spiro atoms. The van der Waals surface area contributed by atoms with E-state index in [1.165, 1.54) is 28.8 Å². The van der Waals surface area contributed by atoms with Gasteiger partial charge in [-0.05, 0) is 85.9 Å². The molecule has 4 aromatic rings. The van der Waals surface area contributed by atoms with Gasteiger partial charge in [0.25, 0.3) is 5.89 Å². The second kappa shape index (κ2) is 9.66. The lowest BCUT2D eigenvalue weighted by atomic mass is 9.93. The Morgan fingerprint density at radius 1 is 1.00 bits per heavy atom. The maximum absolute atomic E-state index is 13.8. The van der Waals surface area contributed by atoms with Gasteiger partial charge in [-0.2, -0.15) is 4.98 Å². The summed E-state index contributed by atoms with van der Waals surface area (Å²) in [5, 5.41) is 8.26. The monoisotopic (exact) mass is 498 g/mol. The van der Waals surface area contributed by atoms with E-state index in [0.29, 0.717) is 22.4 Å². The normalized spacial score (nSPS) is 15.9. The highest BCUT2D eigenvalue weighted by molar-refractivity contribution is 7.80. The van der Waals surface area contributed by atoms with E-state index in [-0.39, 0.29) is 11.9 Å². The molecule has 0 amide bonds. The van der Waals surface area contributed by atoms with Crippen LogP contribution in [0.2, 0.25) is 0 Å². The maximum Gasteiger partial charge on any atom is 0.258 e. The standard InChI is InChI=1S/C29H27FN4OS/c1-5-20-10-12-21(13-11-20)26-25(28-32-27(33-35-28)22-7-6-8-23(30)16-22)19(4)34(29(36)31-26)24-14-9-17(2)18(3)15-24/h6-16,26H,5H2,1-4H3,(H,31,36). The SMILES string of the molecule is CCc1ccc(C2NC(=S)N(c3ccc(C)c(C)c3)C(C)=C2c2nc(-c3cccc(F)c3)no2)cc1. The largest absolute Gasteiger partial charge is 0.351 e. The molecule has 36 heavy (non-hydrogen) atoms. The van der Waals surface area contributed by atoms with Crippen LogP contribution >= 0.6 is 12.2 Å². The number of thiocarbonyl (C=S) groups is 1. The van der Waals surface area contributed by atoms with Gasteiger partial charge in [-0.3, -0.25) is 4.90 Å². The third-order valence-electron chi connectivity index (χ3n) is 6.69. The van der Waals surface area contributed by atoms with Crippen LogP contribution in [0.3, 0.4) is 0 Å². The predicted molar refractivity (Wildman–Crippen MR) is 145 cm³/mol. The van der Waals surface area contributed by atoms with Crippen molar-refractivity contribution >= 4 is 28.6 Å². The summed E-state index contributed by atoms with van der Waals surface area (Å²) in [5.41, 5.74) is 7.89. The van der Waals surface area contributed by atoms with Gasteiger partial charge in [0.05, 0.1) is 11.6 Å². The molecule has 2 heterocycles. The van der Waals surface area contributed by atoms with E-state index < -0.39 is 0 Å². The van der Waals surface area contributed by atoms with Crippen molar-refractivity contribution in [1.29, 1.82) is 0 Å². The molecular weight excluding hydrogens is 471 g/mol. The van der Waals surface area contributed by atoms with E-state index >= 15 is 0 Å². The minimum Gasteiger partial charge on any atom is -0.351 e. The van der Waals surface area contributed by atoms with E-state index in [9.17, 15) is 4.39 Å². The lowest BCUT2D eigenvalue weighted by molar-refractivity contribution is 0.404. The zero-order valence-corrected chi connectivity index (χ0v) is 21.5. The topological polar surface area (TPSA) is 54.2 Å². The molecule has 0 saturated carbocycles. The maximum atomic E-state index is 13.8. The third-order valence-corrected chi connectivity index (χ3v) is 6.99. The van der Waals surface area contributed by atoms with Gasteiger partial charge in [-0.15, -0.1) is 0 Å². The van der Waals surface area contributed by atoms with Crippen molar-refractivity contribution in [2.45, 2.75) is 40.2 Å². The molecule has 1 atom stereocenters. The summed E-state index contributed by atoms with van der Waals surface area (Å²) in [7, 11) is 0. The average Bonchev–Trinajstić information content (AvgIpc) is 3.36. The van der Waals surface area contributed by atoms with Crippen LogP contribution in [-0.2, 0) is 6.42 Å². The fourth-order valence-electron chi connectivity index (χ4n) is 4.47. The molecule has 7 heteroatoms. The number of nitrogens with zero attached hydrogens (tertiary/aromatic N) is 3. The number of rotatable bonds is 5. The first-order valence-electron chi connectivity index (χ1n) is 11.9. The van der Waals surface area contributed by atoms with Crippen LogP contribution in [0.1, 0.15) is 48.0 Å². The molecule has 0 fully saturated rings. The summed E-state index contributed by atoms with van der Waals surface area (Å²) >= 11 is 5.86. The Morgan fingerprint density at radius 3 is 2.47 bits per heavy atom. The first kappa shape index (κ1) is 23.9. The van der Waals surface area contributed by atoms with Crippen molar-refractivity contribution in [3.63, 3.8) is 0 Å². The summed E-state index contributed by atoms with van der Waals surface area (Å²) < 4.78 is 19.6. The van der Waals surface area contributed by atoms with Gasteiger partial charge in [-0.25, -0.2) is 4.39 Å². The van der Waals surface area contributed by atoms with Gasteiger partial charge in [0.15, 0.2) is 5.11 Å². The van der Waals surface area contributed by atoms with Crippen molar-refractivity contribution in [2.24, 2.45) is 0 Å². The van der Waals surface area contributed by atoms with Gasteiger partial charge in [0.1, 0.15) is 5.82 Å². The summed E-state index contributed by atoms with van der Waals surface area (Å²) in [4.78, 5) is 6.68. The second-order valence-electron chi connectivity index (χ2n) is 9.01. The molecule has 5 rings (SSSR count). The Labute approximate surface area is 215 Å². The number of anilines is 1. The predicted octanol–water partition coefficient (Wildman–Crippen LogP) is 6.92. The van der Waals surface area contributed by atoms with Crippen molar-refractivity contribution < 1.29 is 8.91 Å². The number of allylic oxidation sites excluding steroid dienone is 1. The second-order valence-corrected chi connectivity index (χ2v) is 9.40. The summed E-state index contributed by atoms with van der Waals surface area (Å²) in [6, 6.07) is 20.6. The summed E-state index contributed by atoms with van der Waals surface area (Å²) in [5.74, 6) is 0.338. The third kappa shape index (κ3) is 4.42. The van der Waals surface area contributed by atoms with E-state index in [0.717, 1.165) is 28.9 Å². The minimum absolute atomic E-state index is 0.285. The number of aromatic nitrogens is 2. The van der Waals surface area contributed by atoms with E-state index in [1.807, 2.05) is 11.8 Å². The Morgan fingerprint density at radius 2 is 1.78 bits per heavy atom. The van der Waals surface area contributed by atoms with Gasteiger partial charge in [0.2, 0.25) is 5.82 Å². The fraction of sp³-hybridized carbons (Fsp3) is 0.207. The van der Waals surface area contributed by atoms with Crippen LogP contribution in [0, 0.1) is 19.7 Å². The van der Waals surface area contributed by atoms with Crippen LogP contribution in [-0.4, -0.2) is 15.3 Å². The van der Waals surface area contributed by atoms with Crippen LogP contribution in [0.4, 0.5) is 10.1 Å². The summed E-state index contributed by atoms with van der Waals surface area (Å²) in [6.07, 6.45) is 0.958. The van der Waals surface area contributed by atoms with Crippen LogP contribution < -0.4 is 10.2 Å².